The third-order valence-electron chi connectivity index (χ3n) is 2.85. The van der Waals surface area contributed by atoms with Gasteiger partial charge >= 0.3 is 6.18 Å². The first-order chi connectivity index (χ1) is 8.88. The maximum atomic E-state index is 12.4. The third-order valence-corrected chi connectivity index (χ3v) is 2.85. The molecule has 0 bridgehead atoms. The maximum absolute atomic E-state index is 12.4. The summed E-state index contributed by atoms with van der Waals surface area (Å²) in [6.07, 6.45) is -2.20. The summed E-state index contributed by atoms with van der Waals surface area (Å²) in [5.41, 5.74) is 0.143. The Hall–Kier alpha value is -1.85. The first kappa shape index (κ1) is 13.6. The van der Waals surface area contributed by atoms with Gasteiger partial charge in [0.25, 0.3) is 0 Å². The van der Waals surface area contributed by atoms with E-state index in [9.17, 15) is 13.2 Å². The topological polar surface area (TPSA) is 30.7 Å². The zero-order valence-electron chi connectivity index (χ0n) is 10.6. The number of hydrogen-bond donors (Lipinski definition) is 0. The molecule has 0 spiro atoms. The molecular weight excluding hydrogens is 255 g/mol. The van der Waals surface area contributed by atoms with Crippen molar-refractivity contribution >= 4 is 0 Å². The van der Waals surface area contributed by atoms with E-state index in [0.717, 1.165) is 23.5 Å². The molecule has 0 atom stereocenters. The van der Waals surface area contributed by atoms with E-state index >= 15 is 0 Å². The summed E-state index contributed by atoms with van der Waals surface area (Å²) in [5.74, 6) is 0.745. The van der Waals surface area contributed by atoms with Gasteiger partial charge in [0, 0.05) is 12.5 Å². The highest BCUT2D eigenvalue weighted by molar-refractivity contribution is 5.26. The van der Waals surface area contributed by atoms with Crippen LogP contribution in [0.5, 0.6) is 0 Å². The number of rotatable bonds is 3. The van der Waals surface area contributed by atoms with E-state index in [2.05, 4.69) is 10.2 Å². The Labute approximate surface area is 109 Å². The molecule has 0 unspecified atom stereocenters. The molecule has 1 heterocycles. The molecule has 0 N–H and O–H groups in total. The van der Waals surface area contributed by atoms with Crippen molar-refractivity contribution in [3.8, 4) is 0 Å². The fourth-order valence-corrected chi connectivity index (χ4v) is 1.82. The molecule has 0 radical (unpaired) electrons. The summed E-state index contributed by atoms with van der Waals surface area (Å²) >= 11 is 0. The van der Waals surface area contributed by atoms with Crippen molar-refractivity contribution in [3.05, 3.63) is 47.5 Å². The summed E-state index contributed by atoms with van der Waals surface area (Å²) in [4.78, 5) is 0. The van der Waals surface area contributed by atoms with E-state index in [1.165, 1.54) is 12.1 Å². The normalized spacial score (nSPS) is 12.1. The fraction of sp³-hybridized carbons (Fsp3) is 0.385. The van der Waals surface area contributed by atoms with Gasteiger partial charge in [-0.15, -0.1) is 10.2 Å². The maximum Gasteiger partial charge on any atom is 0.416 e. The standard InChI is InChI=1S/C13H14F3N3/c1-9(2)19-8-17-18-12(19)7-10-3-5-11(6-4-10)13(14,15)16/h3-6,8-9H,7H2,1-2H3. The monoisotopic (exact) mass is 269 g/mol. The second-order valence-corrected chi connectivity index (χ2v) is 4.62. The van der Waals surface area contributed by atoms with Crippen LogP contribution in [-0.2, 0) is 12.6 Å². The molecule has 2 rings (SSSR count). The summed E-state index contributed by atoms with van der Waals surface area (Å²) < 4.78 is 39.2. The van der Waals surface area contributed by atoms with Crippen molar-refractivity contribution in [1.82, 2.24) is 14.8 Å². The summed E-state index contributed by atoms with van der Waals surface area (Å²) in [7, 11) is 0. The van der Waals surface area contributed by atoms with E-state index in [0.29, 0.717) is 6.42 Å². The van der Waals surface area contributed by atoms with E-state index < -0.39 is 11.7 Å². The molecule has 102 valence electrons. The quantitative estimate of drug-likeness (QED) is 0.854. The lowest BCUT2D eigenvalue weighted by Gasteiger charge is -2.10. The lowest BCUT2D eigenvalue weighted by atomic mass is 10.1. The van der Waals surface area contributed by atoms with Crippen LogP contribution in [0.15, 0.2) is 30.6 Å². The van der Waals surface area contributed by atoms with Crippen LogP contribution in [0, 0.1) is 0 Å². The van der Waals surface area contributed by atoms with Gasteiger partial charge in [0.05, 0.1) is 5.56 Å². The highest BCUT2D eigenvalue weighted by Crippen LogP contribution is 2.29. The van der Waals surface area contributed by atoms with E-state index in [1.807, 2.05) is 18.4 Å². The highest BCUT2D eigenvalue weighted by atomic mass is 19.4. The van der Waals surface area contributed by atoms with Gasteiger partial charge in [-0.25, -0.2) is 0 Å². The predicted octanol–water partition coefficient (Wildman–Crippen LogP) is 3.47. The van der Waals surface area contributed by atoms with Crippen molar-refractivity contribution in [2.24, 2.45) is 0 Å². The number of aromatic nitrogens is 3. The van der Waals surface area contributed by atoms with Crippen LogP contribution in [0.25, 0.3) is 0 Å². The van der Waals surface area contributed by atoms with Crippen molar-refractivity contribution in [1.29, 1.82) is 0 Å². The van der Waals surface area contributed by atoms with Crippen LogP contribution < -0.4 is 0 Å². The Kier molecular flexibility index (Phi) is 3.59. The van der Waals surface area contributed by atoms with Gasteiger partial charge in [-0.2, -0.15) is 13.2 Å². The van der Waals surface area contributed by atoms with Crippen molar-refractivity contribution in [3.63, 3.8) is 0 Å². The van der Waals surface area contributed by atoms with Crippen LogP contribution in [-0.4, -0.2) is 14.8 Å². The second-order valence-electron chi connectivity index (χ2n) is 4.62. The Balaban J connectivity index is 2.18. The zero-order chi connectivity index (χ0) is 14.0. The Bertz CT molecular complexity index is 541. The average molecular weight is 269 g/mol. The summed E-state index contributed by atoms with van der Waals surface area (Å²) in [5, 5.41) is 7.82. The highest BCUT2D eigenvalue weighted by Gasteiger charge is 2.29. The molecule has 1 aromatic carbocycles. The molecule has 0 saturated heterocycles. The minimum Gasteiger partial charge on any atom is -0.315 e. The first-order valence-electron chi connectivity index (χ1n) is 5.92. The molecule has 0 saturated carbocycles. The summed E-state index contributed by atoms with van der Waals surface area (Å²) in [6.45, 7) is 4.00. The Morgan fingerprint density at radius 2 is 1.79 bits per heavy atom. The van der Waals surface area contributed by atoms with Gasteiger partial charge in [-0.05, 0) is 31.5 Å². The zero-order valence-corrected chi connectivity index (χ0v) is 10.6. The number of benzene rings is 1. The number of hydrogen-bond acceptors (Lipinski definition) is 2. The largest absolute Gasteiger partial charge is 0.416 e. The van der Waals surface area contributed by atoms with Crippen LogP contribution in [0.3, 0.4) is 0 Å². The molecule has 0 aliphatic heterocycles. The molecule has 0 fully saturated rings. The first-order valence-corrected chi connectivity index (χ1v) is 5.92. The Morgan fingerprint density at radius 3 is 2.32 bits per heavy atom. The predicted molar refractivity (Wildman–Crippen MR) is 64.7 cm³/mol. The molecule has 6 heteroatoms. The van der Waals surface area contributed by atoms with Gasteiger partial charge in [-0.1, -0.05) is 12.1 Å². The lowest BCUT2D eigenvalue weighted by Crippen LogP contribution is -2.07. The summed E-state index contributed by atoms with van der Waals surface area (Å²) in [6, 6.07) is 5.35. The van der Waals surface area contributed by atoms with Gasteiger partial charge in [0.2, 0.25) is 0 Å². The van der Waals surface area contributed by atoms with Crippen molar-refractivity contribution in [2.45, 2.75) is 32.5 Å². The second kappa shape index (κ2) is 5.03. The molecular formula is C13H14F3N3. The van der Waals surface area contributed by atoms with E-state index in [-0.39, 0.29) is 6.04 Å². The smallest absolute Gasteiger partial charge is 0.315 e. The minimum atomic E-state index is -4.30. The minimum absolute atomic E-state index is 0.222. The van der Waals surface area contributed by atoms with Gasteiger partial charge in [0.15, 0.2) is 0 Å². The van der Waals surface area contributed by atoms with Crippen molar-refractivity contribution in [2.75, 3.05) is 0 Å². The number of alkyl halides is 3. The van der Waals surface area contributed by atoms with Gasteiger partial charge in [0.1, 0.15) is 12.2 Å². The average Bonchev–Trinajstić information content (AvgIpc) is 2.77. The van der Waals surface area contributed by atoms with Crippen molar-refractivity contribution < 1.29 is 13.2 Å². The Morgan fingerprint density at radius 1 is 1.16 bits per heavy atom. The molecule has 0 amide bonds. The molecule has 1 aromatic heterocycles. The van der Waals surface area contributed by atoms with E-state index in [4.69, 9.17) is 0 Å². The molecule has 3 nitrogen and oxygen atoms in total. The lowest BCUT2D eigenvalue weighted by molar-refractivity contribution is -0.137. The fourth-order valence-electron chi connectivity index (χ4n) is 1.82. The van der Waals surface area contributed by atoms with Crippen LogP contribution >= 0.6 is 0 Å². The third kappa shape index (κ3) is 3.13. The molecule has 2 aromatic rings. The van der Waals surface area contributed by atoms with Gasteiger partial charge < -0.3 is 4.57 Å². The van der Waals surface area contributed by atoms with Crippen LogP contribution in [0.4, 0.5) is 13.2 Å². The molecule has 19 heavy (non-hydrogen) atoms. The van der Waals surface area contributed by atoms with Crippen LogP contribution in [0.2, 0.25) is 0 Å². The molecule has 0 aliphatic rings. The number of halogens is 3. The van der Waals surface area contributed by atoms with Crippen LogP contribution in [0.1, 0.15) is 36.8 Å². The van der Waals surface area contributed by atoms with Gasteiger partial charge in [-0.3, -0.25) is 0 Å². The number of nitrogens with zero attached hydrogens (tertiary/aromatic N) is 3. The molecule has 0 aliphatic carbocycles. The SMILES string of the molecule is CC(C)n1cnnc1Cc1ccc(C(F)(F)F)cc1. The van der Waals surface area contributed by atoms with E-state index in [1.54, 1.807) is 6.33 Å².